The van der Waals surface area contributed by atoms with E-state index >= 15 is 0 Å². The molecule has 2 aromatic carbocycles. The van der Waals surface area contributed by atoms with Crippen molar-refractivity contribution in [3.8, 4) is 0 Å². The molecule has 0 saturated heterocycles. The first-order chi connectivity index (χ1) is 12.6. The van der Waals surface area contributed by atoms with E-state index in [-0.39, 0.29) is 22.5 Å². The summed E-state index contributed by atoms with van der Waals surface area (Å²) in [5.41, 5.74) is 1.21. The maximum Gasteiger partial charge on any atom is 0.416 e. The van der Waals surface area contributed by atoms with E-state index in [0.717, 1.165) is 24.1 Å². The number of halogens is 4. The fourth-order valence-corrected chi connectivity index (χ4v) is 2.84. The second-order valence-electron chi connectivity index (χ2n) is 6.60. The lowest BCUT2D eigenvalue weighted by molar-refractivity contribution is -0.137. The number of benzene rings is 2. The number of carbonyl (C=O) groups excluding carboxylic acids is 1. The van der Waals surface area contributed by atoms with Crippen LogP contribution in [-0.4, -0.2) is 11.9 Å². The Bertz CT molecular complexity index is 806. The summed E-state index contributed by atoms with van der Waals surface area (Å²) in [6.07, 6.45) is -3.63. The molecular weight excluding hydrogens is 377 g/mol. The Kier molecular flexibility index (Phi) is 6.76. The molecule has 0 aliphatic rings. The van der Waals surface area contributed by atoms with Crippen LogP contribution < -0.4 is 10.6 Å². The van der Waals surface area contributed by atoms with Crippen LogP contribution in [0.25, 0.3) is 0 Å². The van der Waals surface area contributed by atoms with Gasteiger partial charge in [-0.05, 0) is 48.2 Å². The zero-order valence-electron chi connectivity index (χ0n) is 15.3. The van der Waals surface area contributed by atoms with Gasteiger partial charge in [-0.3, -0.25) is 4.79 Å². The molecular formula is C20H22ClF3N2O. The fourth-order valence-electron chi connectivity index (χ4n) is 2.60. The summed E-state index contributed by atoms with van der Waals surface area (Å²) in [5.74, 6) is -0.396. The molecule has 0 bridgehead atoms. The highest BCUT2D eigenvalue weighted by atomic mass is 35.5. The smallest absolute Gasteiger partial charge is 0.372 e. The van der Waals surface area contributed by atoms with E-state index in [1.54, 1.807) is 6.07 Å². The Morgan fingerprint density at radius 2 is 1.85 bits per heavy atom. The van der Waals surface area contributed by atoms with Crippen molar-refractivity contribution in [2.24, 2.45) is 5.92 Å². The van der Waals surface area contributed by atoms with Gasteiger partial charge in [-0.1, -0.05) is 44.5 Å². The molecule has 0 spiro atoms. The molecule has 1 amide bonds. The first-order valence-electron chi connectivity index (χ1n) is 8.65. The van der Waals surface area contributed by atoms with E-state index in [4.69, 9.17) is 11.6 Å². The summed E-state index contributed by atoms with van der Waals surface area (Å²) in [7, 11) is 0. The number of aryl methyl sites for hydroxylation is 1. The number of carbonyl (C=O) groups is 1. The largest absolute Gasteiger partial charge is 0.416 e. The predicted octanol–water partition coefficient (Wildman–Crippen LogP) is 6.00. The van der Waals surface area contributed by atoms with Gasteiger partial charge in [0.25, 0.3) is 0 Å². The number of rotatable bonds is 6. The molecule has 0 fully saturated rings. The van der Waals surface area contributed by atoms with Gasteiger partial charge in [0.1, 0.15) is 6.04 Å². The maximum atomic E-state index is 12.8. The quantitative estimate of drug-likeness (QED) is 0.626. The van der Waals surface area contributed by atoms with Gasteiger partial charge in [0.05, 0.1) is 16.3 Å². The molecule has 1 atom stereocenters. The Balaban J connectivity index is 2.18. The van der Waals surface area contributed by atoms with Gasteiger partial charge in [0.15, 0.2) is 0 Å². The van der Waals surface area contributed by atoms with Crippen molar-refractivity contribution in [3.05, 3.63) is 58.6 Å². The minimum Gasteiger partial charge on any atom is -0.372 e. The van der Waals surface area contributed by atoms with Crippen LogP contribution in [0, 0.1) is 5.92 Å². The van der Waals surface area contributed by atoms with Crippen molar-refractivity contribution < 1.29 is 18.0 Å². The highest BCUT2D eigenvalue weighted by Gasteiger charge is 2.31. The molecule has 0 unspecified atom stereocenters. The summed E-state index contributed by atoms with van der Waals surface area (Å²) < 4.78 is 38.3. The summed E-state index contributed by atoms with van der Waals surface area (Å²) >= 11 is 5.99. The third-order valence-corrected chi connectivity index (χ3v) is 4.47. The zero-order chi connectivity index (χ0) is 20.2. The van der Waals surface area contributed by atoms with Crippen LogP contribution in [0.2, 0.25) is 5.02 Å². The van der Waals surface area contributed by atoms with E-state index in [2.05, 4.69) is 10.6 Å². The highest BCUT2D eigenvalue weighted by Crippen LogP contribution is 2.34. The third kappa shape index (κ3) is 5.63. The molecule has 0 aromatic heterocycles. The molecule has 7 heteroatoms. The standard InChI is InChI=1S/C20H22ClF3N2O/c1-4-13-6-5-7-15(10-13)25-19(27)18(12(2)3)26-17-9-8-14(11-16(17)21)20(22,23)24/h5-12,18,26H,4H2,1-3H3,(H,25,27)/t18-/m0/s1. The molecule has 146 valence electrons. The molecule has 0 radical (unpaired) electrons. The predicted molar refractivity (Wildman–Crippen MR) is 103 cm³/mol. The normalized spacial score (nSPS) is 12.7. The van der Waals surface area contributed by atoms with Crippen LogP contribution in [-0.2, 0) is 17.4 Å². The van der Waals surface area contributed by atoms with Gasteiger partial charge in [-0.2, -0.15) is 13.2 Å². The summed E-state index contributed by atoms with van der Waals surface area (Å²) in [4.78, 5) is 12.7. The van der Waals surface area contributed by atoms with Crippen LogP contribution in [0.3, 0.4) is 0 Å². The Morgan fingerprint density at radius 1 is 1.15 bits per heavy atom. The molecule has 0 aliphatic heterocycles. The fraction of sp³-hybridized carbons (Fsp3) is 0.350. The third-order valence-electron chi connectivity index (χ3n) is 4.16. The Morgan fingerprint density at radius 3 is 2.41 bits per heavy atom. The lowest BCUT2D eigenvalue weighted by Crippen LogP contribution is -2.39. The first-order valence-corrected chi connectivity index (χ1v) is 9.02. The number of hydrogen-bond donors (Lipinski definition) is 2. The van der Waals surface area contributed by atoms with Crippen molar-refractivity contribution in [3.63, 3.8) is 0 Å². The van der Waals surface area contributed by atoms with Gasteiger partial charge in [0, 0.05) is 5.69 Å². The Labute approximate surface area is 161 Å². The monoisotopic (exact) mass is 398 g/mol. The second kappa shape index (κ2) is 8.65. The van der Waals surface area contributed by atoms with Gasteiger partial charge >= 0.3 is 6.18 Å². The summed E-state index contributed by atoms with van der Waals surface area (Å²) in [6, 6.07) is 9.88. The number of hydrogen-bond acceptors (Lipinski definition) is 2. The van der Waals surface area contributed by atoms with Crippen LogP contribution in [0.4, 0.5) is 24.5 Å². The van der Waals surface area contributed by atoms with Crippen molar-refractivity contribution in [2.45, 2.75) is 39.4 Å². The second-order valence-corrected chi connectivity index (χ2v) is 7.01. The van der Waals surface area contributed by atoms with Gasteiger partial charge < -0.3 is 10.6 Å². The van der Waals surface area contributed by atoms with E-state index in [9.17, 15) is 18.0 Å². The molecule has 2 rings (SSSR count). The van der Waals surface area contributed by atoms with Crippen molar-refractivity contribution >= 4 is 28.9 Å². The molecule has 3 nitrogen and oxygen atoms in total. The van der Waals surface area contributed by atoms with Crippen molar-refractivity contribution in [1.82, 2.24) is 0 Å². The minimum absolute atomic E-state index is 0.0868. The van der Waals surface area contributed by atoms with E-state index in [1.165, 1.54) is 6.07 Å². The zero-order valence-corrected chi connectivity index (χ0v) is 16.1. The van der Waals surface area contributed by atoms with Crippen LogP contribution in [0.5, 0.6) is 0 Å². The SMILES string of the molecule is CCc1cccc(NC(=O)[C@@H](Nc2ccc(C(F)(F)F)cc2Cl)C(C)C)c1. The molecule has 2 N–H and O–H groups in total. The minimum atomic E-state index is -4.47. The molecule has 0 heterocycles. The number of nitrogens with one attached hydrogen (secondary N) is 2. The lowest BCUT2D eigenvalue weighted by Gasteiger charge is -2.24. The average molecular weight is 399 g/mol. The Hall–Kier alpha value is -2.21. The van der Waals surface area contributed by atoms with E-state index in [1.807, 2.05) is 39.0 Å². The summed E-state index contributed by atoms with van der Waals surface area (Å²) in [6.45, 7) is 5.71. The van der Waals surface area contributed by atoms with E-state index in [0.29, 0.717) is 5.69 Å². The summed E-state index contributed by atoms with van der Waals surface area (Å²) in [5, 5.41) is 5.72. The molecule has 0 saturated carbocycles. The van der Waals surface area contributed by atoms with Crippen LogP contribution in [0.15, 0.2) is 42.5 Å². The average Bonchev–Trinajstić information content (AvgIpc) is 2.59. The first kappa shape index (κ1) is 21.1. The molecule has 0 aliphatic carbocycles. The number of amides is 1. The molecule has 2 aromatic rings. The van der Waals surface area contributed by atoms with E-state index < -0.39 is 17.8 Å². The van der Waals surface area contributed by atoms with Crippen LogP contribution >= 0.6 is 11.6 Å². The van der Waals surface area contributed by atoms with Gasteiger partial charge in [-0.25, -0.2) is 0 Å². The number of alkyl halides is 3. The lowest BCUT2D eigenvalue weighted by atomic mass is 10.0. The maximum absolute atomic E-state index is 12.8. The number of anilines is 2. The topological polar surface area (TPSA) is 41.1 Å². The van der Waals surface area contributed by atoms with Crippen molar-refractivity contribution in [1.29, 1.82) is 0 Å². The van der Waals surface area contributed by atoms with Gasteiger partial charge in [0.2, 0.25) is 5.91 Å². The highest BCUT2D eigenvalue weighted by molar-refractivity contribution is 6.33. The van der Waals surface area contributed by atoms with Gasteiger partial charge in [-0.15, -0.1) is 0 Å². The van der Waals surface area contributed by atoms with Crippen LogP contribution in [0.1, 0.15) is 31.9 Å². The molecule has 27 heavy (non-hydrogen) atoms. The van der Waals surface area contributed by atoms with Crippen molar-refractivity contribution in [2.75, 3.05) is 10.6 Å².